The number of rotatable bonds is 3. The molecule has 92 valence electrons. The second kappa shape index (κ2) is 4.84. The molecule has 0 bridgehead atoms. The van der Waals surface area contributed by atoms with E-state index in [4.69, 9.17) is 4.74 Å². The smallest absolute Gasteiger partial charge is 0.222 e. The van der Waals surface area contributed by atoms with Crippen molar-refractivity contribution in [3.05, 3.63) is 45.4 Å². The maximum Gasteiger partial charge on any atom is 0.222 e. The van der Waals surface area contributed by atoms with Crippen LogP contribution in [0.4, 0.5) is 0 Å². The molecule has 0 amide bonds. The van der Waals surface area contributed by atoms with Crippen molar-refractivity contribution in [3.8, 4) is 11.6 Å². The molecule has 0 radical (unpaired) electrons. The maximum atomic E-state index is 5.85. The average molecular weight is 352 g/mol. The maximum absolute atomic E-state index is 5.85. The summed E-state index contributed by atoms with van der Waals surface area (Å²) in [7, 11) is 0. The van der Waals surface area contributed by atoms with Crippen LogP contribution in [-0.2, 0) is 0 Å². The third-order valence-electron chi connectivity index (χ3n) is 2.89. The van der Waals surface area contributed by atoms with Crippen LogP contribution in [0.3, 0.4) is 0 Å². The number of halogens is 1. The first-order valence-corrected chi connectivity index (χ1v) is 7.07. The lowest BCUT2D eigenvalue weighted by molar-refractivity contribution is 0.455. The molecule has 1 aliphatic rings. The summed E-state index contributed by atoms with van der Waals surface area (Å²) in [5.74, 6) is 2.95. The molecule has 3 nitrogen and oxygen atoms in total. The largest absolute Gasteiger partial charge is 0.438 e. The molecule has 1 aromatic carbocycles. The number of ether oxygens (including phenoxy) is 1. The van der Waals surface area contributed by atoms with E-state index < -0.39 is 0 Å². The van der Waals surface area contributed by atoms with Crippen molar-refractivity contribution in [2.24, 2.45) is 0 Å². The zero-order valence-corrected chi connectivity index (χ0v) is 12.2. The number of aromatic nitrogens is 2. The molecule has 1 heterocycles. The molecule has 18 heavy (non-hydrogen) atoms. The van der Waals surface area contributed by atoms with Crippen molar-refractivity contribution in [2.45, 2.75) is 25.7 Å². The van der Waals surface area contributed by atoms with Gasteiger partial charge in [0, 0.05) is 18.2 Å². The predicted molar refractivity (Wildman–Crippen MR) is 78.0 cm³/mol. The van der Waals surface area contributed by atoms with Crippen molar-refractivity contribution in [3.63, 3.8) is 0 Å². The third kappa shape index (κ3) is 2.63. The van der Waals surface area contributed by atoms with Crippen molar-refractivity contribution in [2.75, 3.05) is 0 Å². The SMILES string of the molecule is Cc1ccc(I)c(Oc2ccnc(C3CC3)n2)c1. The fraction of sp³-hybridized carbons (Fsp3) is 0.286. The van der Waals surface area contributed by atoms with Gasteiger partial charge in [0.05, 0.1) is 3.57 Å². The molecule has 0 atom stereocenters. The second-order valence-electron chi connectivity index (χ2n) is 4.56. The van der Waals surface area contributed by atoms with Crippen LogP contribution in [-0.4, -0.2) is 9.97 Å². The molecular formula is C14H13IN2O. The monoisotopic (exact) mass is 352 g/mol. The van der Waals surface area contributed by atoms with Gasteiger partial charge in [-0.25, -0.2) is 4.98 Å². The normalized spacial score (nSPS) is 14.6. The highest BCUT2D eigenvalue weighted by molar-refractivity contribution is 14.1. The van der Waals surface area contributed by atoms with Gasteiger partial charge < -0.3 is 4.74 Å². The highest BCUT2D eigenvalue weighted by Gasteiger charge is 2.26. The summed E-state index contributed by atoms with van der Waals surface area (Å²) in [4.78, 5) is 8.75. The van der Waals surface area contributed by atoms with E-state index >= 15 is 0 Å². The second-order valence-corrected chi connectivity index (χ2v) is 5.73. The van der Waals surface area contributed by atoms with Gasteiger partial charge in [0.2, 0.25) is 5.88 Å². The summed E-state index contributed by atoms with van der Waals surface area (Å²) in [6.07, 6.45) is 4.18. The fourth-order valence-corrected chi connectivity index (χ4v) is 2.20. The van der Waals surface area contributed by atoms with Gasteiger partial charge >= 0.3 is 0 Å². The third-order valence-corrected chi connectivity index (χ3v) is 3.78. The molecular weight excluding hydrogens is 339 g/mol. The molecule has 2 aromatic rings. The van der Waals surface area contributed by atoms with E-state index in [0.717, 1.165) is 15.1 Å². The van der Waals surface area contributed by atoms with E-state index in [1.54, 1.807) is 6.20 Å². The number of hydrogen-bond acceptors (Lipinski definition) is 3. The predicted octanol–water partition coefficient (Wildman–Crippen LogP) is 4.06. The lowest BCUT2D eigenvalue weighted by atomic mass is 10.2. The number of nitrogens with zero attached hydrogens (tertiary/aromatic N) is 2. The van der Waals surface area contributed by atoms with Crippen molar-refractivity contribution < 1.29 is 4.74 Å². The minimum Gasteiger partial charge on any atom is -0.438 e. The van der Waals surface area contributed by atoms with E-state index in [2.05, 4.69) is 45.5 Å². The molecule has 1 aromatic heterocycles. The molecule has 3 rings (SSSR count). The number of hydrogen-bond donors (Lipinski definition) is 0. The Kier molecular flexibility index (Phi) is 3.20. The van der Waals surface area contributed by atoms with E-state index in [9.17, 15) is 0 Å². The zero-order valence-electron chi connectivity index (χ0n) is 10.1. The summed E-state index contributed by atoms with van der Waals surface area (Å²) >= 11 is 2.27. The zero-order chi connectivity index (χ0) is 12.5. The minimum absolute atomic E-state index is 0.546. The van der Waals surface area contributed by atoms with E-state index in [0.29, 0.717) is 11.8 Å². The summed E-state index contributed by atoms with van der Waals surface area (Å²) in [5.41, 5.74) is 1.18. The molecule has 1 fully saturated rings. The molecule has 0 N–H and O–H groups in total. The van der Waals surface area contributed by atoms with Crippen molar-refractivity contribution in [1.29, 1.82) is 0 Å². The Hall–Kier alpha value is -1.17. The highest BCUT2D eigenvalue weighted by atomic mass is 127. The van der Waals surface area contributed by atoms with Crippen molar-refractivity contribution >= 4 is 22.6 Å². The van der Waals surface area contributed by atoms with Crippen LogP contribution in [0.1, 0.15) is 30.1 Å². The Bertz CT molecular complexity index is 582. The molecule has 1 saturated carbocycles. The fourth-order valence-electron chi connectivity index (χ4n) is 1.75. The Morgan fingerprint density at radius 1 is 1.28 bits per heavy atom. The summed E-state index contributed by atoms with van der Waals surface area (Å²) < 4.78 is 6.94. The van der Waals surface area contributed by atoms with Gasteiger partial charge in [0.25, 0.3) is 0 Å². The first-order chi connectivity index (χ1) is 8.72. The number of aryl methyl sites for hydroxylation is 1. The van der Waals surface area contributed by atoms with Crippen molar-refractivity contribution in [1.82, 2.24) is 9.97 Å². The van der Waals surface area contributed by atoms with Crippen LogP contribution >= 0.6 is 22.6 Å². The van der Waals surface area contributed by atoms with Gasteiger partial charge in [-0.3, -0.25) is 0 Å². The van der Waals surface area contributed by atoms with Crippen LogP contribution in [0.5, 0.6) is 11.6 Å². The summed E-state index contributed by atoms with van der Waals surface area (Å²) in [6, 6.07) is 7.96. The van der Waals surface area contributed by atoms with Crippen LogP contribution in [0.15, 0.2) is 30.5 Å². The van der Waals surface area contributed by atoms with Crippen LogP contribution in [0.2, 0.25) is 0 Å². The van der Waals surface area contributed by atoms with E-state index in [1.807, 2.05) is 18.2 Å². The van der Waals surface area contributed by atoms with Crippen LogP contribution < -0.4 is 4.74 Å². The Labute approximate surface area is 120 Å². The molecule has 0 saturated heterocycles. The van der Waals surface area contributed by atoms with Crippen LogP contribution in [0, 0.1) is 10.5 Å². The molecule has 0 unspecified atom stereocenters. The van der Waals surface area contributed by atoms with Gasteiger partial charge in [-0.15, -0.1) is 0 Å². The van der Waals surface area contributed by atoms with E-state index in [1.165, 1.54) is 18.4 Å². The first-order valence-electron chi connectivity index (χ1n) is 5.99. The van der Waals surface area contributed by atoms with Gasteiger partial charge in [-0.1, -0.05) is 6.07 Å². The lowest BCUT2D eigenvalue weighted by Gasteiger charge is -2.08. The van der Waals surface area contributed by atoms with Gasteiger partial charge in [-0.05, 0) is 60.1 Å². The standard InChI is InChI=1S/C14H13IN2O/c1-9-2-5-11(15)12(8-9)18-13-6-7-16-14(17-13)10-3-4-10/h2,5-8,10H,3-4H2,1H3. The number of benzene rings is 1. The Morgan fingerprint density at radius 2 is 2.11 bits per heavy atom. The summed E-state index contributed by atoms with van der Waals surface area (Å²) in [5, 5.41) is 0. The average Bonchev–Trinajstić information content (AvgIpc) is 3.18. The Balaban J connectivity index is 1.87. The Morgan fingerprint density at radius 3 is 2.89 bits per heavy atom. The van der Waals surface area contributed by atoms with Crippen LogP contribution in [0.25, 0.3) is 0 Å². The lowest BCUT2D eigenvalue weighted by Crippen LogP contribution is -1.96. The summed E-state index contributed by atoms with van der Waals surface area (Å²) in [6.45, 7) is 2.05. The van der Waals surface area contributed by atoms with Gasteiger partial charge in [0.15, 0.2) is 0 Å². The molecule has 0 aliphatic heterocycles. The molecule has 1 aliphatic carbocycles. The highest BCUT2D eigenvalue weighted by Crippen LogP contribution is 2.38. The minimum atomic E-state index is 0.546. The quantitative estimate of drug-likeness (QED) is 0.782. The molecule has 0 spiro atoms. The van der Waals surface area contributed by atoms with Gasteiger partial charge in [0.1, 0.15) is 11.6 Å². The van der Waals surface area contributed by atoms with Gasteiger partial charge in [-0.2, -0.15) is 4.98 Å². The van der Waals surface area contributed by atoms with E-state index in [-0.39, 0.29) is 0 Å². The first kappa shape index (κ1) is 11.9. The molecule has 4 heteroatoms. The topological polar surface area (TPSA) is 35.0 Å².